The molecule has 1 aromatic rings. The number of nitrogens with zero attached hydrogens (tertiary/aromatic N) is 1. The van der Waals surface area contributed by atoms with Gasteiger partial charge in [0.25, 0.3) is 0 Å². The smallest absolute Gasteiger partial charge is 0.414 e. The van der Waals surface area contributed by atoms with Crippen molar-refractivity contribution >= 4 is 25.8 Å². The zero-order chi connectivity index (χ0) is 17.0. The lowest BCUT2D eigenvalue weighted by Crippen LogP contribution is -2.33. The lowest BCUT2D eigenvalue weighted by atomic mass is 10.2. The fraction of sp³-hybridized carbons (Fsp3) is 0.412. The Bertz CT molecular complexity index is 653. The lowest BCUT2D eigenvalue weighted by molar-refractivity contribution is -0.119. The maximum absolute atomic E-state index is 11.9. The topological polar surface area (TPSA) is 58.6 Å². The minimum atomic E-state index is -1.40. The molecule has 1 aliphatic rings. The zero-order valence-electron chi connectivity index (χ0n) is 14.0. The van der Waals surface area contributed by atoms with Crippen LogP contribution in [0.2, 0.25) is 19.6 Å². The maximum Gasteiger partial charge on any atom is 0.414 e. The first kappa shape index (κ1) is 17.1. The number of anilines is 1. The fourth-order valence-electron chi connectivity index (χ4n) is 2.08. The van der Waals surface area contributed by atoms with E-state index in [1.807, 2.05) is 24.3 Å². The van der Waals surface area contributed by atoms with Gasteiger partial charge in [0.05, 0.1) is 13.1 Å². The van der Waals surface area contributed by atoms with E-state index in [1.165, 1.54) is 6.92 Å². The second-order valence-electron chi connectivity index (χ2n) is 6.60. The van der Waals surface area contributed by atoms with Crippen LogP contribution in [0, 0.1) is 11.5 Å². The highest BCUT2D eigenvalue weighted by Gasteiger charge is 2.32. The second-order valence-corrected chi connectivity index (χ2v) is 11.4. The number of hydrogen-bond donors (Lipinski definition) is 1. The number of rotatable bonds is 3. The average Bonchev–Trinajstić information content (AvgIpc) is 2.84. The number of ether oxygens (including phenoxy) is 1. The molecule has 0 saturated carbocycles. The third-order valence-corrected chi connectivity index (χ3v) is 4.09. The first-order valence-corrected chi connectivity index (χ1v) is 11.1. The van der Waals surface area contributed by atoms with Crippen molar-refractivity contribution in [2.24, 2.45) is 0 Å². The van der Waals surface area contributed by atoms with Crippen molar-refractivity contribution in [1.29, 1.82) is 0 Å². The highest BCUT2D eigenvalue weighted by molar-refractivity contribution is 6.83. The van der Waals surface area contributed by atoms with Gasteiger partial charge in [0.15, 0.2) is 0 Å². The van der Waals surface area contributed by atoms with Crippen LogP contribution in [0.3, 0.4) is 0 Å². The number of cyclic esters (lactones) is 1. The number of carbonyl (C=O) groups excluding carboxylic acids is 2. The van der Waals surface area contributed by atoms with Crippen LogP contribution >= 0.6 is 0 Å². The van der Waals surface area contributed by atoms with Gasteiger partial charge >= 0.3 is 6.09 Å². The van der Waals surface area contributed by atoms with Gasteiger partial charge in [-0.25, -0.2) is 4.79 Å². The van der Waals surface area contributed by atoms with Crippen molar-refractivity contribution in [2.75, 3.05) is 18.0 Å². The van der Waals surface area contributed by atoms with E-state index in [4.69, 9.17) is 4.74 Å². The van der Waals surface area contributed by atoms with Crippen LogP contribution < -0.4 is 10.2 Å². The molecule has 5 nitrogen and oxygen atoms in total. The van der Waals surface area contributed by atoms with Crippen LogP contribution in [0.4, 0.5) is 10.5 Å². The zero-order valence-corrected chi connectivity index (χ0v) is 15.0. The van der Waals surface area contributed by atoms with Gasteiger partial charge < -0.3 is 10.1 Å². The highest BCUT2D eigenvalue weighted by Crippen LogP contribution is 2.21. The lowest BCUT2D eigenvalue weighted by Gasteiger charge is -2.13. The molecule has 1 N–H and O–H groups in total. The van der Waals surface area contributed by atoms with E-state index < -0.39 is 8.07 Å². The minimum Gasteiger partial charge on any atom is -0.442 e. The van der Waals surface area contributed by atoms with Crippen molar-refractivity contribution < 1.29 is 14.3 Å². The van der Waals surface area contributed by atoms with Crippen molar-refractivity contribution in [3.05, 3.63) is 29.8 Å². The summed E-state index contributed by atoms with van der Waals surface area (Å²) in [5.74, 6) is 3.05. The maximum atomic E-state index is 11.9. The van der Waals surface area contributed by atoms with Crippen LogP contribution in [0.25, 0.3) is 0 Å². The number of hydrogen-bond acceptors (Lipinski definition) is 3. The molecule has 0 aromatic heterocycles. The molecule has 23 heavy (non-hydrogen) atoms. The van der Waals surface area contributed by atoms with E-state index in [1.54, 1.807) is 4.90 Å². The third kappa shape index (κ3) is 5.15. The van der Waals surface area contributed by atoms with Gasteiger partial charge in [0.2, 0.25) is 5.91 Å². The van der Waals surface area contributed by atoms with E-state index in [0.717, 1.165) is 11.3 Å². The Morgan fingerprint density at radius 2 is 2.00 bits per heavy atom. The van der Waals surface area contributed by atoms with E-state index in [2.05, 4.69) is 36.4 Å². The van der Waals surface area contributed by atoms with Crippen LogP contribution in [0.5, 0.6) is 0 Å². The van der Waals surface area contributed by atoms with Gasteiger partial charge in [-0.1, -0.05) is 25.6 Å². The summed E-state index contributed by atoms with van der Waals surface area (Å²) >= 11 is 0. The molecule has 2 rings (SSSR count). The van der Waals surface area contributed by atoms with Crippen LogP contribution in [0.1, 0.15) is 12.5 Å². The van der Waals surface area contributed by atoms with Gasteiger partial charge in [-0.05, 0) is 24.3 Å². The van der Waals surface area contributed by atoms with Crippen molar-refractivity contribution in [3.8, 4) is 11.5 Å². The van der Waals surface area contributed by atoms with Crippen molar-refractivity contribution in [3.63, 3.8) is 0 Å². The molecule has 2 amide bonds. The average molecular weight is 330 g/mol. The second kappa shape index (κ2) is 6.88. The van der Waals surface area contributed by atoms with Gasteiger partial charge in [-0.15, -0.1) is 5.54 Å². The predicted octanol–water partition coefficient (Wildman–Crippen LogP) is 2.38. The number of nitrogens with one attached hydrogen (secondary N) is 1. The molecule has 1 fully saturated rings. The summed E-state index contributed by atoms with van der Waals surface area (Å²) < 4.78 is 5.25. The highest BCUT2D eigenvalue weighted by atomic mass is 28.3. The summed E-state index contributed by atoms with van der Waals surface area (Å²) in [6.45, 7) is 8.79. The molecule has 122 valence electrons. The monoisotopic (exact) mass is 330 g/mol. The van der Waals surface area contributed by atoms with Gasteiger partial charge in [0.1, 0.15) is 14.2 Å². The van der Waals surface area contributed by atoms with E-state index in [-0.39, 0.29) is 18.1 Å². The Morgan fingerprint density at radius 1 is 1.35 bits per heavy atom. The van der Waals surface area contributed by atoms with E-state index in [9.17, 15) is 9.59 Å². The number of benzene rings is 1. The molecule has 0 aliphatic carbocycles. The molecule has 1 heterocycles. The summed E-state index contributed by atoms with van der Waals surface area (Å²) in [4.78, 5) is 24.4. The first-order valence-electron chi connectivity index (χ1n) is 7.60. The molecule has 0 radical (unpaired) electrons. The molecular weight excluding hydrogens is 308 g/mol. The quantitative estimate of drug-likeness (QED) is 0.684. The third-order valence-electron chi connectivity index (χ3n) is 3.21. The molecule has 1 aliphatic heterocycles. The Balaban J connectivity index is 2.03. The van der Waals surface area contributed by atoms with Crippen molar-refractivity contribution in [2.45, 2.75) is 32.7 Å². The summed E-state index contributed by atoms with van der Waals surface area (Å²) in [6.07, 6.45) is -0.709. The molecule has 1 aromatic carbocycles. The van der Waals surface area contributed by atoms with Gasteiger partial charge in [-0.2, -0.15) is 0 Å². The number of amides is 2. The summed E-state index contributed by atoms with van der Waals surface area (Å²) in [7, 11) is -1.40. The summed E-state index contributed by atoms with van der Waals surface area (Å²) in [5.41, 5.74) is 5.03. The van der Waals surface area contributed by atoms with Crippen LogP contribution in [-0.4, -0.2) is 39.3 Å². The van der Waals surface area contributed by atoms with E-state index >= 15 is 0 Å². The molecule has 0 bridgehead atoms. The molecule has 1 atom stereocenters. The molecule has 0 spiro atoms. The first-order chi connectivity index (χ1) is 10.7. The standard InChI is InChI=1S/C17H22N2O3Si/c1-13(20)18-11-16-12-19(17(21)22-16)15-7-5-14(6-8-15)9-10-23(2,3)4/h5-8,16H,11-12H2,1-4H3,(H,18,20). The Hall–Kier alpha value is -2.26. The Kier molecular flexibility index (Phi) is 5.11. The fourth-order valence-corrected chi connectivity index (χ4v) is 2.60. The SMILES string of the molecule is CC(=O)NCC1CN(c2ccc(C#C[Si](C)(C)C)cc2)C(=O)O1. The minimum absolute atomic E-state index is 0.134. The number of carbonyl (C=O) groups is 2. The largest absolute Gasteiger partial charge is 0.442 e. The van der Waals surface area contributed by atoms with Gasteiger partial charge in [0, 0.05) is 18.2 Å². The molecule has 6 heteroatoms. The normalized spacial score (nSPS) is 17.3. The summed E-state index contributed by atoms with van der Waals surface area (Å²) in [6, 6.07) is 7.57. The van der Waals surface area contributed by atoms with Crippen LogP contribution in [-0.2, 0) is 9.53 Å². The molecular formula is C17H22N2O3Si. The summed E-state index contributed by atoms with van der Waals surface area (Å²) in [5, 5.41) is 2.66. The molecule has 1 saturated heterocycles. The Labute approximate surface area is 138 Å². The van der Waals surface area contributed by atoms with Gasteiger partial charge in [-0.3, -0.25) is 9.69 Å². The Morgan fingerprint density at radius 3 is 2.57 bits per heavy atom. The predicted molar refractivity (Wildman–Crippen MR) is 93.0 cm³/mol. The van der Waals surface area contributed by atoms with Crippen molar-refractivity contribution in [1.82, 2.24) is 5.32 Å². The molecule has 1 unspecified atom stereocenters. The van der Waals surface area contributed by atoms with E-state index in [0.29, 0.717) is 13.1 Å². The van der Waals surface area contributed by atoms with Crippen LogP contribution in [0.15, 0.2) is 24.3 Å².